The van der Waals surface area contributed by atoms with E-state index >= 15 is 0 Å². The monoisotopic (exact) mass is 239 g/mol. The van der Waals surface area contributed by atoms with Crippen LogP contribution in [-0.2, 0) is 4.79 Å². The zero-order valence-electron chi connectivity index (χ0n) is 11.4. The SMILES string of the molecule is CC1(C)C(C(=O)NCC2CCC(O)C2)C1(C)C. The Balaban J connectivity index is 1.80. The molecule has 0 aromatic heterocycles. The maximum Gasteiger partial charge on any atom is 0.224 e. The first kappa shape index (κ1) is 12.9. The van der Waals surface area contributed by atoms with Gasteiger partial charge >= 0.3 is 0 Å². The van der Waals surface area contributed by atoms with Crippen LogP contribution in [-0.4, -0.2) is 23.7 Å². The highest BCUT2D eigenvalue weighted by molar-refractivity contribution is 5.84. The zero-order valence-corrected chi connectivity index (χ0v) is 11.4. The topological polar surface area (TPSA) is 49.3 Å². The van der Waals surface area contributed by atoms with Crippen molar-refractivity contribution < 1.29 is 9.90 Å². The molecule has 0 radical (unpaired) electrons. The predicted molar refractivity (Wildman–Crippen MR) is 67.4 cm³/mol. The van der Waals surface area contributed by atoms with Crippen molar-refractivity contribution in [2.45, 2.75) is 53.1 Å². The lowest BCUT2D eigenvalue weighted by molar-refractivity contribution is -0.123. The molecule has 3 heteroatoms. The van der Waals surface area contributed by atoms with Gasteiger partial charge in [0.2, 0.25) is 5.91 Å². The third-order valence-electron chi connectivity index (χ3n) is 5.36. The number of carbonyl (C=O) groups excluding carboxylic acids is 1. The van der Waals surface area contributed by atoms with Crippen LogP contribution in [0.1, 0.15) is 47.0 Å². The average Bonchev–Trinajstić information content (AvgIpc) is 2.54. The number of aliphatic hydroxyl groups is 1. The lowest BCUT2D eigenvalue weighted by atomic mass is 10.0. The number of rotatable bonds is 3. The molecule has 0 aliphatic heterocycles. The minimum Gasteiger partial charge on any atom is -0.393 e. The first-order chi connectivity index (χ1) is 7.76. The molecule has 98 valence electrons. The number of amides is 1. The van der Waals surface area contributed by atoms with E-state index in [4.69, 9.17) is 0 Å². The Morgan fingerprint density at radius 2 is 1.82 bits per heavy atom. The summed E-state index contributed by atoms with van der Waals surface area (Å²) >= 11 is 0. The summed E-state index contributed by atoms with van der Waals surface area (Å²) in [6.45, 7) is 9.39. The van der Waals surface area contributed by atoms with E-state index in [2.05, 4.69) is 33.0 Å². The van der Waals surface area contributed by atoms with Gasteiger partial charge in [0, 0.05) is 12.5 Å². The van der Waals surface area contributed by atoms with E-state index < -0.39 is 0 Å². The summed E-state index contributed by atoms with van der Waals surface area (Å²) in [5.74, 6) is 0.807. The van der Waals surface area contributed by atoms with Gasteiger partial charge in [-0.1, -0.05) is 27.7 Å². The van der Waals surface area contributed by atoms with Gasteiger partial charge < -0.3 is 10.4 Å². The van der Waals surface area contributed by atoms with Crippen molar-refractivity contribution in [3.63, 3.8) is 0 Å². The summed E-state index contributed by atoms with van der Waals surface area (Å²) in [6, 6.07) is 0. The van der Waals surface area contributed by atoms with Crippen LogP contribution in [0.15, 0.2) is 0 Å². The van der Waals surface area contributed by atoms with Gasteiger partial charge in [-0.25, -0.2) is 0 Å². The number of carbonyl (C=O) groups is 1. The maximum atomic E-state index is 12.1. The van der Waals surface area contributed by atoms with Crippen LogP contribution in [0.4, 0.5) is 0 Å². The second-order valence-corrected chi connectivity index (χ2v) is 6.95. The van der Waals surface area contributed by atoms with Crippen LogP contribution in [0.25, 0.3) is 0 Å². The molecule has 0 spiro atoms. The Labute approximate surface area is 104 Å². The first-order valence-corrected chi connectivity index (χ1v) is 6.72. The number of nitrogens with one attached hydrogen (secondary N) is 1. The van der Waals surface area contributed by atoms with Gasteiger partial charge in [0.1, 0.15) is 0 Å². The quantitative estimate of drug-likeness (QED) is 0.791. The number of aliphatic hydroxyl groups excluding tert-OH is 1. The molecule has 0 bridgehead atoms. The molecule has 2 fully saturated rings. The van der Waals surface area contributed by atoms with Crippen LogP contribution in [0.5, 0.6) is 0 Å². The Hall–Kier alpha value is -0.570. The number of hydrogen-bond donors (Lipinski definition) is 2. The Kier molecular flexibility index (Phi) is 3.01. The molecule has 17 heavy (non-hydrogen) atoms. The van der Waals surface area contributed by atoms with E-state index in [1.807, 2.05) is 0 Å². The Bertz CT molecular complexity index is 308. The van der Waals surface area contributed by atoms with Crippen molar-refractivity contribution in [3.05, 3.63) is 0 Å². The lowest BCUT2D eigenvalue weighted by Crippen LogP contribution is -2.31. The van der Waals surface area contributed by atoms with E-state index in [0.717, 1.165) is 25.8 Å². The largest absolute Gasteiger partial charge is 0.393 e. The predicted octanol–water partition coefficient (Wildman–Crippen LogP) is 1.95. The second kappa shape index (κ2) is 3.98. The molecule has 2 aliphatic carbocycles. The molecule has 2 unspecified atom stereocenters. The molecule has 2 aliphatic rings. The zero-order chi connectivity index (χ0) is 12.8. The Morgan fingerprint density at radius 3 is 2.24 bits per heavy atom. The summed E-state index contributed by atoms with van der Waals surface area (Å²) in [7, 11) is 0. The van der Waals surface area contributed by atoms with E-state index in [1.54, 1.807) is 0 Å². The summed E-state index contributed by atoms with van der Waals surface area (Å²) in [4.78, 5) is 12.1. The van der Waals surface area contributed by atoms with Gasteiger partial charge in [-0.15, -0.1) is 0 Å². The number of hydrogen-bond acceptors (Lipinski definition) is 2. The molecule has 1 amide bonds. The maximum absolute atomic E-state index is 12.1. The molecule has 0 aromatic rings. The van der Waals surface area contributed by atoms with Crippen molar-refractivity contribution in [2.24, 2.45) is 22.7 Å². The molecule has 2 atom stereocenters. The van der Waals surface area contributed by atoms with Crippen LogP contribution < -0.4 is 5.32 Å². The Morgan fingerprint density at radius 1 is 1.24 bits per heavy atom. The summed E-state index contributed by atoms with van der Waals surface area (Å²) < 4.78 is 0. The highest BCUT2D eigenvalue weighted by Crippen LogP contribution is 2.68. The molecule has 2 N–H and O–H groups in total. The summed E-state index contributed by atoms with van der Waals surface area (Å²) in [5.41, 5.74) is 0.235. The van der Waals surface area contributed by atoms with Gasteiger partial charge in [0.25, 0.3) is 0 Å². The second-order valence-electron chi connectivity index (χ2n) is 6.95. The van der Waals surface area contributed by atoms with Crippen molar-refractivity contribution >= 4 is 5.91 Å². The fourth-order valence-corrected chi connectivity index (χ4v) is 3.43. The van der Waals surface area contributed by atoms with Crippen molar-refractivity contribution in [1.82, 2.24) is 5.32 Å². The smallest absolute Gasteiger partial charge is 0.224 e. The third-order valence-corrected chi connectivity index (χ3v) is 5.36. The van der Waals surface area contributed by atoms with E-state index in [0.29, 0.717) is 5.92 Å². The van der Waals surface area contributed by atoms with Crippen molar-refractivity contribution in [3.8, 4) is 0 Å². The minimum absolute atomic E-state index is 0.117. The van der Waals surface area contributed by atoms with Crippen LogP contribution in [0.3, 0.4) is 0 Å². The van der Waals surface area contributed by atoms with Gasteiger partial charge in [-0.3, -0.25) is 4.79 Å². The molecule has 0 heterocycles. The summed E-state index contributed by atoms with van der Waals surface area (Å²) in [5, 5.41) is 12.5. The molecule has 0 aromatic carbocycles. The van der Waals surface area contributed by atoms with Gasteiger partial charge in [0.15, 0.2) is 0 Å². The van der Waals surface area contributed by atoms with Crippen LogP contribution in [0.2, 0.25) is 0 Å². The van der Waals surface area contributed by atoms with Gasteiger partial charge in [0.05, 0.1) is 6.10 Å². The third kappa shape index (κ3) is 2.10. The van der Waals surface area contributed by atoms with Gasteiger partial charge in [-0.05, 0) is 36.0 Å². The van der Waals surface area contributed by atoms with E-state index in [9.17, 15) is 9.90 Å². The average molecular weight is 239 g/mol. The molecular formula is C14H25NO2. The van der Waals surface area contributed by atoms with Crippen molar-refractivity contribution in [2.75, 3.05) is 6.54 Å². The fraction of sp³-hybridized carbons (Fsp3) is 0.929. The van der Waals surface area contributed by atoms with Gasteiger partial charge in [-0.2, -0.15) is 0 Å². The van der Waals surface area contributed by atoms with E-state index in [-0.39, 0.29) is 28.8 Å². The lowest BCUT2D eigenvalue weighted by Gasteiger charge is -2.11. The standard InChI is InChI=1S/C14H25NO2/c1-13(2)11(14(13,3)4)12(17)15-8-9-5-6-10(16)7-9/h9-11,16H,5-8H2,1-4H3,(H,15,17). The summed E-state index contributed by atoms with van der Waals surface area (Å²) in [6.07, 6.45) is 2.63. The highest BCUT2D eigenvalue weighted by atomic mass is 16.3. The van der Waals surface area contributed by atoms with Crippen LogP contribution in [0, 0.1) is 22.7 Å². The minimum atomic E-state index is -0.147. The van der Waals surface area contributed by atoms with Crippen molar-refractivity contribution in [1.29, 1.82) is 0 Å². The molecule has 3 nitrogen and oxygen atoms in total. The van der Waals surface area contributed by atoms with E-state index in [1.165, 1.54) is 0 Å². The first-order valence-electron chi connectivity index (χ1n) is 6.72. The highest BCUT2D eigenvalue weighted by Gasteiger charge is 2.68. The fourth-order valence-electron chi connectivity index (χ4n) is 3.43. The molecule has 2 saturated carbocycles. The molecule has 2 rings (SSSR count). The normalized spacial score (nSPS) is 34.6. The molecule has 0 saturated heterocycles. The van der Waals surface area contributed by atoms with Crippen LogP contribution >= 0.6 is 0 Å². The molecular weight excluding hydrogens is 214 g/mol.